The molecule has 15 heavy (non-hydrogen) atoms. The topological polar surface area (TPSA) is 61.0 Å². The Bertz CT molecular complexity index is 264. The third-order valence-corrected chi connectivity index (χ3v) is 2.79. The summed E-state index contributed by atoms with van der Waals surface area (Å²) >= 11 is 0. The number of nitrogens with two attached hydrogens (primary N) is 1. The van der Waals surface area contributed by atoms with Crippen LogP contribution in [0.2, 0.25) is 0 Å². The number of nitrogens with zero attached hydrogens (tertiary/aromatic N) is 2. The molecule has 4 heteroatoms. The van der Waals surface area contributed by atoms with Crippen molar-refractivity contribution in [1.82, 2.24) is 9.97 Å². The molecule has 0 spiro atoms. The molecule has 0 aliphatic rings. The summed E-state index contributed by atoms with van der Waals surface area (Å²) in [6.45, 7) is 5.14. The van der Waals surface area contributed by atoms with E-state index >= 15 is 0 Å². The van der Waals surface area contributed by atoms with Crippen molar-refractivity contribution >= 4 is 0 Å². The van der Waals surface area contributed by atoms with Crippen molar-refractivity contribution in [2.75, 3.05) is 6.54 Å². The molecule has 0 aromatic carbocycles. The molecule has 0 aliphatic carbocycles. The van der Waals surface area contributed by atoms with Crippen LogP contribution < -0.4 is 5.73 Å². The van der Waals surface area contributed by atoms with Crippen molar-refractivity contribution in [3.8, 4) is 0 Å². The van der Waals surface area contributed by atoms with Gasteiger partial charge in [0.25, 0.3) is 0 Å². The summed E-state index contributed by atoms with van der Waals surface area (Å²) < 4.78 is 5.81. The predicted molar refractivity (Wildman–Crippen MR) is 59.2 cm³/mol. The summed E-state index contributed by atoms with van der Waals surface area (Å²) in [5, 5.41) is 0. The first kappa shape index (κ1) is 12.1. The minimum Gasteiger partial charge on any atom is -0.366 e. The van der Waals surface area contributed by atoms with Crippen LogP contribution in [0.3, 0.4) is 0 Å². The quantitative estimate of drug-likeness (QED) is 0.771. The van der Waals surface area contributed by atoms with Crippen LogP contribution in [0.4, 0.5) is 0 Å². The molecule has 0 fully saturated rings. The van der Waals surface area contributed by atoms with E-state index < -0.39 is 0 Å². The fourth-order valence-corrected chi connectivity index (χ4v) is 1.42. The van der Waals surface area contributed by atoms with Crippen LogP contribution in [0.15, 0.2) is 18.5 Å². The van der Waals surface area contributed by atoms with Gasteiger partial charge in [0.15, 0.2) is 5.82 Å². The molecule has 84 valence electrons. The number of ether oxygens (including phenoxy) is 1. The van der Waals surface area contributed by atoms with Gasteiger partial charge in [-0.25, -0.2) is 9.97 Å². The van der Waals surface area contributed by atoms with Crippen LogP contribution in [-0.4, -0.2) is 22.1 Å². The molecular formula is C11H19N3O. The molecule has 0 saturated carbocycles. The molecule has 1 heterocycles. The Hall–Kier alpha value is -1.00. The predicted octanol–water partition coefficient (Wildman–Crippen LogP) is 1.51. The SMILES string of the molecule is CCC(CC)(CN)OCc1ncccn1. The molecule has 1 aromatic heterocycles. The first-order chi connectivity index (χ1) is 7.26. The standard InChI is InChI=1S/C11H19N3O/c1-3-11(4-2,9-12)15-8-10-13-6-5-7-14-10/h5-7H,3-4,8-9,12H2,1-2H3. The van der Waals surface area contributed by atoms with E-state index in [-0.39, 0.29) is 5.60 Å². The summed E-state index contributed by atoms with van der Waals surface area (Å²) in [4.78, 5) is 8.22. The summed E-state index contributed by atoms with van der Waals surface area (Å²) in [5.41, 5.74) is 5.50. The highest BCUT2D eigenvalue weighted by Gasteiger charge is 2.25. The van der Waals surface area contributed by atoms with Gasteiger partial charge in [0, 0.05) is 18.9 Å². The summed E-state index contributed by atoms with van der Waals surface area (Å²) in [6, 6.07) is 1.79. The lowest BCUT2D eigenvalue weighted by atomic mass is 9.97. The summed E-state index contributed by atoms with van der Waals surface area (Å²) in [5.74, 6) is 0.706. The van der Waals surface area contributed by atoms with Gasteiger partial charge in [-0.3, -0.25) is 0 Å². The van der Waals surface area contributed by atoms with Gasteiger partial charge < -0.3 is 10.5 Å². The van der Waals surface area contributed by atoms with E-state index in [1.807, 2.05) is 0 Å². The Balaban J connectivity index is 2.54. The smallest absolute Gasteiger partial charge is 0.153 e. The molecule has 4 nitrogen and oxygen atoms in total. The first-order valence-corrected chi connectivity index (χ1v) is 5.36. The molecule has 0 atom stereocenters. The van der Waals surface area contributed by atoms with Gasteiger partial charge in [0.05, 0.1) is 5.60 Å². The van der Waals surface area contributed by atoms with E-state index in [9.17, 15) is 0 Å². The van der Waals surface area contributed by atoms with Crippen LogP contribution in [0.25, 0.3) is 0 Å². The monoisotopic (exact) mass is 209 g/mol. The van der Waals surface area contributed by atoms with E-state index in [1.54, 1.807) is 18.5 Å². The molecule has 1 aromatic rings. The van der Waals surface area contributed by atoms with Crippen molar-refractivity contribution < 1.29 is 4.74 Å². The Morgan fingerprint density at radius 3 is 2.33 bits per heavy atom. The maximum Gasteiger partial charge on any atom is 0.153 e. The number of hydrogen-bond acceptors (Lipinski definition) is 4. The van der Waals surface area contributed by atoms with Gasteiger partial charge >= 0.3 is 0 Å². The normalized spacial score (nSPS) is 11.7. The zero-order chi connectivity index (χ0) is 11.1. The molecular weight excluding hydrogens is 190 g/mol. The minimum absolute atomic E-state index is 0.223. The maximum atomic E-state index is 5.81. The average molecular weight is 209 g/mol. The fraction of sp³-hybridized carbons (Fsp3) is 0.636. The van der Waals surface area contributed by atoms with Crippen molar-refractivity contribution in [2.45, 2.75) is 38.9 Å². The Morgan fingerprint density at radius 2 is 1.87 bits per heavy atom. The molecule has 2 N–H and O–H groups in total. The van der Waals surface area contributed by atoms with Gasteiger partial charge in [0.2, 0.25) is 0 Å². The molecule has 0 bridgehead atoms. The zero-order valence-corrected chi connectivity index (χ0v) is 9.44. The maximum absolute atomic E-state index is 5.81. The van der Waals surface area contributed by atoms with E-state index in [4.69, 9.17) is 10.5 Å². The lowest BCUT2D eigenvalue weighted by Gasteiger charge is -2.30. The highest BCUT2D eigenvalue weighted by Crippen LogP contribution is 2.19. The van der Waals surface area contributed by atoms with Crippen LogP contribution in [-0.2, 0) is 11.3 Å². The second-order valence-corrected chi connectivity index (χ2v) is 3.55. The Morgan fingerprint density at radius 1 is 1.27 bits per heavy atom. The van der Waals surface area contributed by atoms with E-state index in [1.165, 1.54) is 0 Å². The van der Waals surface area contributed by atoms with Crippen molar-refractivity contribution in [2.24, 2.45) is 5.73 Å². The minimum atomic E-state index is -0.223. The zero-order valence-electron chi connectivity index (χ0n) is 9.44. The van der Waals surface area contributed by atoms with Gasteiger partial charge in [-0.2, -0.15) is 0 Å². The molecule has 1 rings (SSSR count). The third kappa shape index (κ3) is 3.25. The van der Waals surface area contributed by atoms with Gasteiger partial charge in [-0.1, -0.05) is 13.8 Å². The van der Waals surface area contributed by atoms with Gasteiger partial charge in [-0.15, -0.1) is 0 Å². The Kier molecular flexibility index (Phi) is 4.65. The number of aromatic nitrogens is 2. The lowest BCUT2D eigenvalue weighted by molar-refractivity contribution is -0.0579. The summed E-state index contributed by atoms with van der Waals surface area (Å²) in [6.07, 6.45) is 5.25. The molecule has 0 aliphatic heterocycles. The Labute approximate surface area is 90.9 Å². The third-order valence-electron chi connectivity index (χ3n) is 2.79. The van der Waals surface area contributed by atoms with E-state index in [2.05, 4.69) is 23.8 Å². The number of hydrogen-bond donors (Lipinski definition) is 1. The highest BCUT2D eigenvalue weighted by molar-refractivity contribution is 4.88. The van der Waals surface area contributed by atoms with Crippen molar-refractivity contribution in [3.63, 3.8) is 0 Å². The average Bonchev–Trinajstić information content (AvgIpc) is 2.33. The van der Waals surface area contributed by atoms with Gasteiger partial charge in [0.1, 0.15) is 6.61 Å². The lowest BCUT2D eigenvalue weighted by Crippen LogP contribution is -2.39. The molecule has 0 radical (unpaired) electrons. The second kappa shape index (κ2) is 5.78. The first-order valence-electron chi connectivity index (χ1n) is 5.36. The van der Waals surface area contributed by atoms with E-state index in [0.717, 1.165) is 12.8 Å². The van der Waals surface area contributed by atoms with E-state index in [0.29, 0.717) is 19.0 Å². The fourth-order valence-electron chi connectivity index (χ4n) is 1.42. The molecule has 0 amide bonds. The largest absolute Gasteiger partial charge is 0.366 e. The van der Waals surface area contributed by atoms with Crippen molar-refractivity contribution in [1.29, 1.82) is 0 Å². The van der Waals surface area contributed by atoms with Crippen molar-refractivity contribution in [3.05, 3.63) is 24.3 Å². The van der Waals surface area contributed by atoms with Crippen LogP contribution in [0.1, 0.15) is 32.5 Å². The molecule has 0 saturated heterocycles. The molecule has 0 unspecified atom stereocenters. The summed E-state index contributed by atoms with van der Waals surface area (Å²) in [7, 11) is 0. The number of rotatable bonds is 6. The van der Waals surface area contributed by atoms with Gasteiger partial charge in [-0.05, 0) is 18.9 Å². The van der Waals surface area contributed by atoms with Crippen LogP contribution in [0.5, 0.6) is 0 Å². The van der Waals surface area contributed by atoms with Crippen LogP contribution in [0, 0.1) is 0 Å². The van der Waals surface area contributed by atoms with Crippen LogP contribution >= 0.6 is 0 Å². The highest BCUT2D eigenvalue weighted by atomic mass is 16.5. The second-order valence-electron chi connectivity index (χ2n) is 3.55.